The fourth-order valence-electron chi connectivity index (χ4n) is 1.19. The highest BCUT2D eigenvalue weighted by Gasteiger charge is 2.12. The molecule has 0 spiro atoms. The van der Waals surface area contributed by atoms with Crippen LogP contribution in [0.2, 0.25) is 0 Å². The van der Waals surface area contributed by atoms with Crippen LogP contribution >= 0.6 is 12.2 Å². The van der Waals surface area contributed by atoms with E-state index in [9.17, 15) is 15.2 Å². The van der Waals surface area contributed by atoms with Crippen molar-refractivity contribution in [2.24, 2.45) is 5.10 Å². The van der Waals surface area contributed by atoms with Crippen molar-refractivity contribution in [3.05, 3.63) is 27.8 Å². The molecule has 0 heterocycles. The molecule has 1 aromatic carbocycles. The smallest absolute Gasteiger partial charge is 0.266 e. The monoisotopic (exact) mass is 283 g/mol. The van der Waals surface area contributed by atoms with Gasteiger partial charge in [-0.15, -0.1) is 0 Å². The number of ether oxygens (including phenoxy) is 1. The molecule has 2 N–H and O–H groups in total. The van der Waals surface area contributed by atoms with Crippen molar-refractivity contribution in [1.82, 2.24) is 10.7 Å². The molecule has 0 radical (unpaired) electrons. The minimum atomic E-state index is -0.775. The molecule has 1 aromatic rings. The van der Waals surface area contributed by atoms with E-state index in [0.717, 1.165) is 6.07 Å². The Hall–Kier alpha value is -2.42. The predicted molar refractivity (Wildman–Crippen MR) is 71.5 cm³/mol. The molecule has 0 aliphatic carbocycles. The predicted octanol–water partition coefficient (Wildman–Crippen LogP) is 0.105. The van der Waals surface area contributed by atoms with Crippen LogP contribution in [-0.4, -0.2) is 30.4 Å². The molecule has 0 aliphatic heterocycles. The summed E-state index contributed by atoms with van der Waals surface area (Å²) in [4.78, 5) is 9.96. The van der Waals surface area contributed by atoms with E-state index in [1.165, 1.54) is 19.4 Å². The highest BCUT2D eigenvalue weighted by atomic mass is 32.1. The first-order valence-electron chi connectivity index (χ1n) is 5.03. The van der Waals surface area contributed by atoms with E-state index in [4.69, 9.17) is 17.0 Å². The summed E-state index contributed by atoms with van der Waals surface area (Å²) in [5.41, 5.74) is 2.25. The van der Waals surface area contributed by atoms with Gasteiger partial charge in [-0.25, -0.2) is 0 Å². The topological polar surface area (TPSA) is 112 Å². The Labute approximate surface area is 114 Å². The van der Waals surface area contributed by atoms with E-state index in [2.05, 4.69) is 15.8 Å². The fourth-order valence-corrected chi connectivity index (χ4v) is 1.24. The summed E-state index contributed by atoms with van der Waals surface area (Å²) < 4.78 is 4.79. The highest BCUT2D eigenvalue weighted by molar-refractivity contribution is 7.80. The molecule has 0 unspecified atom stereocenters. The number of rotatable bonds is 4. The van der Waals surface area contributed by atoms with Crippen molar-refractivity contribution in [2.75, 3.05) is 14.2 Å². The van der Waals surface area contributed by atoms with Gasteiger partial charge in [-0.2, -0.15) is 5.10 Å². The van der Waals surface area contributed by atoms with Crippen molar-refractivity contribution in [1.29, 1.82) is 0 Å². The Morgan fingerprint density at radius 2 is 2.26 bits per heavy atom. The number of benzene rings is 1. The lowest BCUT2D eigenvalue weighted by molar-refractivity contribution is -0.398. The maximum Gasteiger partial charge on any atom is 0.266 e. The van der Waals surface area contributed by atoms with E-state index in [1.807, 2.05) is 0 Å². The first-order valence-corrected chi connectivity index (χ1v) is 5.44. The molecule has 0 aliphatic rings. The van der Waals surface area contributed by atoms with Crippen LogP contribution in [0.15, 0.2) is 17.2 Å². The normalized spacial score (nSPS) is 10.2. The second kappa shape index (κ2) is 6.50. The molecule has 1 rings (SSSR count). The third kappa shape index (κ3) is 3.78. The number of thiocarbonyl (C=S) groups is 1. The van der Waals surface area contributed by atoms with Gasteiger partial charge in [-0.05, 0) is 18.3 Å². The zero-order valence-corrected chi connectivity index (χ0v) is 11.0. The SMILES string of the molecule is CNC(=S)NN=Cc1cc(OC)c([O-])c([N+](=O)[O-])c1. The fraction of sp³-hybridized carbons (Fsp3) is 0.200. The van der Waals surface area contributed by atoms with Gasteiger partial charge >= 0.3 is 0 Å². The zero-order valence-electron chi connectivity index (χ0n) is 10.2. The van der Waals surface area contributed by atoms with Gasteiger partial charge in [0, 0.05) is 24.4 Å². The van der Waals surface area contributed by atoms with Crippen molar-refractivity contribution in [2.45, 2.75) is 0 Å². The second-order valence-corrected chi connectivity index (χ2v) is 3.69. The Morgan fingerprint density at radius 1 is 1.58 bits per heavy atom. The van der Waals surface area contributed by atoms with Gasteiger partial charge in [0.05, 0.1) is 18.2 Å². The first kappa shape index (κ1) is 14.6. The van der Waals surface area contributed by atoms with Crippen LogP contribution < -0.4 is 20.6 Å². The summed E-state index contributed by atoms with van der Waals surface area (Å²) in [6, 6.07) is 2.46. The standard InChI is InChI=1S/C10H12N4O4S/c1-11-10(19)13-12-5-6-3-7(14(16)17)9(15)8(4-6)18-2/h3-5,15H,1-2H3,(H2,11,13,19)/p-1. The van der Waals surface area contributed by atoms with Gasteiger partial charge < -0.3 is 15.2 Å². The van der Waals surface area contributed by atoms with Gasteiger partial charge in [-0.3, -0.25) is 15.5 Å². The van der Waals surface area contributed by atoms with Crippen molar-refractivity contribution in [3.8, 4) is 11.5 Å². The molecule has 19 heavy (non-hydrogen) atoms. The maximum absolute atomic E-state index is 11.6. The van der Waals surface area contributed by atoms with Crippen LogP contribution in [0.3, 0.4) is 0 Å². The van der Waals surface area contributed by atoms with Crippen molar-refractivity contribution >= 4 is 29.2 Å². The molecule has 0 amide bonds. The number of nitro groups is 1. The third-order valence-electron chi connectivity index (χ3n) is 2.08. The molecule has 0 bridgehead atoms. The van der Waals surface area contributed by atoms with Crippen LogP contribution in [-0.2, 0) is 0 Å². The van der Waals surface area contributed by atoms with Crippen molar-refractivity contribution < 1.29 is 14.8 Å². The van der Waals surface area contributed by atoms with E-state index in [0.29, 0.717) is 5.56 Å². The van der Waals surface area contributed by atoms with Crippen LogP contribution in [0.25, 0.3) is 0 Å². The molecular weight excluding hydrogens is 272 g/mol. The Kier molecular flexibility index (Phi) is 5.01. The molecule has 9 heteroatoms. The highest BCUT2D eigenvalue weighted by Crippen LogP contribution is 2.33. The third-order valence-corrected chi connectivity index (χ3v) is 2.38. The molecule has 8 nitrogen and oxygen atoms in total. The average molecular weight is 283 g/mol. The summed E-state index contributed by atoms with van der Waals surface area (Å²) in [6.07, 6.45) is 1.29. The van der Waals surface area contributed by atoms with Gasteiger partial charge in [0.2, 0.25) is 0 Å². The Balaban J connectivity index is 3.05. The summed E-state index contributed by atoms with van der Waals surface area (Å²) in [6.45, 7) is 0. The number of hydrazone groups is 1. The van der Waals surface area contributed by atoms with Gasteiger partial charge in [0.15, 0.2) is 5.11 Å². The molecule has 0 saturated carbocycles. The lowest BCUT2D eigenvalue weighted by Crippen LogP contribution is -2.28. The molecule has 0 fully saturated rings. The van der Waals surface area contributed by atoms with E-state index in [1.54, 1.807) is 7.05 Å². The number of nitrogens with one attached hydrogen (secondary N) is 2. The van der Waals surface area contributed by atoms with Gasteiger partial charge in [0.25, 0.3) is 5.69 Å². The van der Waals surface area contributed by atoms with Crippen molar-refractivity contribution in [3.63, 3.8) is 0 Å². The quantitative estimate of drug-likeness (QED) is 0.349. The minimum Gasteiger partial charge on any atom is -0.865 e. The molecular formula is C10H11N4O4S-. The zero-order chi connectivity index (χ0) is 14.4. The second-order valence-electron chi connectivity index (χ2n) is 3.28. The number of nitrogens with zero attached hydrogens (tertiary/aromatic N) is 2. The minimum absolute atomic E-state index is 0.119. The van der Waals surface area contributed by atoms with Crippen LogP contribution in [0.5, 0.6) is 11.5 Å². The summed E-state index contributed by atoms with van der Waals surface area (Å²) in [5, 5.41) is 29.0. The maximum atomic E-state index is 11.6. The molecule has 0 aromatic heterocycles. The largest absolute Gasteiger partial charge is 0.865 e. The summed E-state index contributed by atoms with van der Waals surface area (Å²) in [7, 11) is 2.88. The number of nitro benzene ring substituents is 1. The lowest BCUT2D eigenvalue weighted by atomic mass is 10.2. The molecule has 102 valence electrons. The van der Waals surface area contributed by atoms with Gasteiger partial charge in [0.1, 0.15) is 5.75 Å². The van der Waals surface area contributed by atoms with Crippen LogP contribution in [0.1, 0.15) is 5.56 Å². The van der Waals surface area contributed by atoms with E-state index < -0.39 is 16.4 Å². The van der Waals surface area contributed by atoms with E-state index in [-0.39, 0.29) is 10.9 Å². The average Bonchev–Trinajstić information content (AvgIpc) is 2.39. The molecule has 0 atom stereocenters. The Bertz CT molecular complexity index is 533. The summed E-state index contributed by atoms with van der Waals surface area (Å²) >= 11 is 4.79. The Morgan fingerprint density at radius 3 is 2.79 bits per heavy atom. The van der Waals surface area contributed by atoms with Gasteiger partial charge in [-0.1, -0.05) is 0 Å². The first-order chi connectivity index (χ1) is 8.99. The van der Waals surface area contributed by atoms with Crippen LogP contribution in [0, 0.1) is 10.1 Å². The lowest BCUT2D eigenvalue weighted by Gasteiger charge is -2.12. The number of hydrogen-bond acceptors (Lipinski definition) is 6. The van der Waals surface area contributed by atoms with Crippen LogP contribution in [0.4, 0.5) is 5.69 Å². The number of hydrogen-bond donors (Lipinski definition) is 2. The molecule has 0 saturated heterocycles. The number of methoxy groups -OCH3 is 1. The van der Waals surface area contributed by atoms with E-state index >= 15 is 0 Å². The summed E-state index contributed by atoms with van der Waals surface area (Å²) in [5.74, 6) is -0.893.